The molecule has 1 atom stereocenters. The highest BCUT2D eigenvalue weighted by Gasteiger charge is 2.36. The number of aromatic amines is 1. The molecule has 4 N–H and O–H groups in total. The van der Waals surface area contributed by atoms with Crippen LogP contribution in [0.25, 0.3) is 0 Å². The van der Waals surface area contributed by atoms with Gasteiger partial charge in [0.1, 0.15) is 4.90 Å². The Labute approximate surface area is 136 Å². The van der Waals surface area contributed by atoms with Crippen LogP contribution in [0, 0.1) is 13.8 Å². The SMILES string of the molecule is Cc1n[nH]c(C)c1S(=O)(=O)N1CCCCC1CNC(=O)CCN. The van der Waals surface area contributed by atoms with Crippen LogP contribution >= 0.6 is 0 Å². The zero-order valence-corrected chi connectivity index (χ0v) is 14.4. The largest absolute Gasteiger partial charge is 0.354 e. The number of sulfonamides is 1. The first-order chi connectivity index (χ1) is 10.9. The second-order valence-electron chi connectivity index (χ2n) is 5.87. The molecule has 23 heavy (non-hydrogen) atoms. The number of aryl methyl sites for hydroxylation is 2. The maximum absolute atomic E-state index is 13.0. The molecule has 1 fully saturated rings. The molecule has 0 radical (unpaired) electrons. The summed E-state index contributed by atoms with van der Waals surface area (Å²) in [6.45, 7) is 4.44. The minimum atomic E-state index is -3.63. The predicted molar refractivity (Wildman–Crippen MR) is 86.3 cm³/mol. The lowest BCUT2D eigenvalue weighted by molar-refractivity contribution is -0.121. The van der Waals surface area contributed by atoms with Crippen LogP contribution in [0.5, 0.6) is 0 Å². The van der Waals surface area contributed by atoms with Gasteiger partial charge >= 0.3 is 0 Å². The van der Waals surface area contributed by atoms with Crippen molar-refractivity contribution in [3.05, 3.63) is 11.4 Å². The smallest absolute Gasteiger partial charge is 0.247 e. The number of carbonyl (C=O) groups is 1. The summed E-state index contributed by atoms with van der Waals surface area (Å²) in [6.07, 6.45) is 2.76. The Kier molecular flexibility index (Phi) is 5.77. The van der Waals surface area contributed by atoms with Crippen LogP contribution < -0.4 is 11.1 Å². The molecule has 8 nitrogen and oxygen atoms in total. The monoisotopic (exact) mass is 343 g/mol. The number of amides is 1. The standard InChI is InChI=1S/C14H25N5O3S/c1-10-14(11(2)18-17-10)23(21,22)19-8-4-3-5-12(19)9-16-13(20)6-7-15/h12H,3-9,15H2,1-2H3,(H,16,20)(H,17,18). The summed E-state index contributed by atoms with van der Waals surface area (Å²) in [7, 11) is -3.63. The lowest BCUT2D eigenvalue weighted by Gasteiger charge is -2.34. The third-order valence-corrected chi connectivity index (χ3v) is 6.32. The highest BCUT2D eigenvalue weighted by Crippen LogP contribution is 2.27. The molecule has 0 saturated carbocycles. The predicted octanol–water partition coefficient (Wildman–Crippen LogP) is 0.0347. The molecule has 1 aliphatic heterocycles. The van der Waals surface area contributed by atoms with Crippen molar-refractivity contribution in [2.45, 2.75) is 50.5 Å². The van der Waals surface area contributed by atoms with E-state index in [4.69, 9.17) is 5.73 Å². The normalized spacial score (nSPS) is 19.7. The summed E-state index contributed by atoms with van der Waals surface area (Å²) in [5, 5.41) is 9.49. The first kappa shape index (κ1) is 17.9. The van der Waals surface area contributed by atoms with Gasteiger partial charge in [-0.2, -0.15) is 9.40 Å². The Morgan fingerprint density at radius 1 is 1.43 bits per heavy atom. The fraction of sp³-hybridized carbons (Fsp3) is 0.714. The summed E-state index contributed by atoms with van der Waals surface area (Å²) < 4.78 is 27.5. The van der Waals surface area contributed by atoms with E-state index in [-0.39, 0.29) is 29.8 Å². The van der Waals surface area contributed by atoms with Crippen LogP contribution in [-0.4, -0.2) is 54.5 Å². The Morgan fingerprint density at radius 2 is 2.17 bits per heavy atom. The van der Waals surface area contributed by atoms with Gasteiger partial charge in [-0.25, -0.2) is 8.42 Å². The van der Waals surface area contributed by atoms with Gasteiger partial charge in [-0.15, -0.1) is 0 Å². The van der Waals surface area contributed by atoms with Gasteiger partial charge in [0.15, 0.2) is 0 Å². The Hall–Kier alpha value is -1.45. The van der Waals surface area contributed by atoms with Gasteiger partial charge in [0, 0.05) is 32.1 Å². The van der Waals surface area contributed by atoms with Gasteiger partial charge in [-0.1, -0.05) is 6.42 Å². The van der Waals surface area contributed by atoms with E-state index in [0.717, 1.165) is 19.3 Å². The van der Waals surface area contributed by atoms with E-state index in [0.29, 0.717) is 24.5 Å². The second kappa shape index (κ2) is 7.41. The summed E-state index contributed by atoms with van der Waals surface area (Å²) in [6, 6.07) is -0.232. The molecule has 2 heterocycles. The van der Waals surface area contributed by atoms with Crippen molar-refractivity contribution in [3.8, 4) is 0 Å². The number of nitrogens with zero attached hydrogens (tertiary/aromatic N) is 2. The minimum Gasteiger partial charge on any atom is -0.354 e. The van der Waals surface area contributed by atoms with Crippen molar-refractivity contribution in [1.29, 1.82) is 0 Å². The number of hydrogen-bond acceptors (Lipinski definition) is 5. The quantitative estimate of drug-likeness (QED) is 0.673. The molecule has 1 aromatic heterocycles. The molecule has 0 bridgehead atoms. The molecule has 0 aromatic carbocycles. The van der Waals surface area contributed by atoms with E-state index in [1.807, 2.05) is 0 Å². The van der Waals surface area contributed by atoms with Crippen LogP contribution in [0.3, 0.4) is 0 Å². The van der Waals surface area contributed by atoms with Crippen molar-refractivity contribution in [1.82, 2.24) is 19.8 Å². The summed E-state index contributed by atoms with van der Waals surface area (Å²) >= 11 is 0. The zero-order valence-electron chi connectivity index (χ0n) is 13.6. The first-order valence-electron chi connectivity index (χ1n) is 7.88. The molecule has 9 heteroatoms. The van der Waals surface area contributed by atoms with E-state index < -0.39 is 10.0 Å². The van der Waals surface area contributed by atoms with E-state index in [1.54, 1.807) is 13.8 Å². The van der Waals surface area contributed by atoms with Crippen molar-refractivity contribution >= 4 is 15.9 Å². The molecular formula is C14H25N5O3S. The van der Waals surface area contributed by atoms with Crippen LogP contribution in [-0.2, 0) is 14.8 Å². The van der Waals surface area contributed by atoms with Crippen LogP contribution in [0.15, 0.2) is 4.90 Å². The summed E-state index contributed by atoms with van der Waals surface area (Å²) in [4.78, 5) is 11.9. The number of carbonyl (C=O) groups excluding carboxylic acids is 1. The van der Waals surface area contributed by atoms with Crippen molar-refractivity contribution in [2.24, 2.45) is 5.73 Å². The van der Waals surface area contributed by atoms with Crippen LogP contribution in [0.2, 0.25) is 0 Å². The third-order valence-electron chi connectivity index (χ3n) is 4.11. The number of aromatic nitrogens is 2. The number of rotatable bonds is 6. The second-order valence-corrected chi connectivity index (χ2v) is 7.70. The molecule has 1 saturated heterocycles. The van der Waals surface area contributed by atoms with Crippen molar-refractivity contribution in [3.63, 3.8) is 0 Å². The molecule has 1 aliphatic rings. The van der Waals surface area contributed by atoms with Gasteiger partial charge in [0.05, 0.1) is 11.4 Å². The highest BCUT2D eigenvalue weighted by molar-refractivity contribution is 7.89. The maximum atomic E-state index is 13.0. The average Bonchev–Trinajstić information content (AvgIpc) is 2.85. The Morgan fingerprint density at radius 3 is 2.78 bits per heavy atom. The molecule has 130 valence electrons. The topological polar surface area (TPSA) is 121 Å². The molecule has 1 aromatic rings. The molecular weight excluding hydrogens is 318 g/mol. The Bertz CT molecular complexity index is 636. The number of nitrogens with two attached hydrogens (primary N) is 1. The third kappa shape index (κ3) is 3.91. The van der Waals surface area contributed by atoms with Crippen LogP contribution in [0.4, 0.5) is 0 Å². The fourth-order valence-electron chi connectivity index (χ4n) is 2.98. The molecule has 0 aliphatic carbocycles. The average molecular weight is 343 g/mol. The lowest BCUT2D eigenvalue weighted by atomic mass is 10.1. The van der Waals surface area contributed by atoms with Crippen molar-refractivity contribution < 1.29 is 13.2 Å². The van der Waals surface area contributed by atoms with E-state index >= 15 is 0 Å². The summed E-state index contributed by atoms with van der Waals surface area (Å²) in [5.74, 6) is -0.147. The minimum absolute atomic E-state index is 0.147. The molecule has 1 amide bonds. The van der Waals surface area contributed by atoms with Gasteiger partial charge in [0.25, 0.3) is 0 Å². The van der Waals surface area contributed by atoms with E-state index in [1.165, 1.54) is 4.31 Å². The molecule has 1 unspecified atom stereocenters. The van der Waals surface area contributed by atoms with Gasteiger partial charge in [0.2, 0.25) is 15.9 Å². The van der Waals surface area contributed by atoms with Gasteiger partial charge in [-0.3, -0.25) is 9.89 Å². The summed E-state index contributed by atoms with van der Waals surface area (Å²) in [5.41, 5.74) is 6.37. The number of H-pyrrole nitrogens is 1. The lowest BCUT2D eigenvalue weighted by Crippen LogP contribution is -2.49. The highest BCUT2D eigenvalue weighted by atomic mass is 32.2. The van der Waals surface area contributed by atoms with E-state index in [2.05, 4.69) is 15.5 Å². The maximum Gasteiger partial charge on any atom is 0.247 e. The first-order valence-corrected chi connectivity index (χ1v) is 9.32. The number of nitrogens with one attached hydrogen (secondary N) is 2. The number of piperidine rings is 1. The van der Waals surface area contributed by atoms with Gasteiger partial charge < -0.3 is 11.1 Å². The van der Waals surface area contributed by atoms with Crippen LogP contribution in [0.1, 0.15) is 37.1 Å². The fourth-order valence-corrected chi connectivity index (χ4v) is 5.01. The zero-order chi connectivity index (χ0) is 17.0. The molecule has 2 rings (SSSR count). The van der Waals surface area contributed by atoms with E-state index in [9.17, 15) is 13.2 Å². The molecule has 0 spiro atoms. The number of hydrogen-bond donors (Lipinski definition) is 3. The van der Waals surface area contributed by atoms with Gasteiger partial charge in [-0.05, 0) is 26.7 Å². The Balaban J connectivity index is 2.19. The van der Waals surface area contributed by atoms with Crippen molar-refractivity contribution in [2.75, 3.05) is 19.6 Å².